The first kappa shape index (κ1) is 14.3. The van der Waals surface area contributed by atoms with Crippen molar-refractivity contribution in [3.8, 4) is 0 Å². The SMILES string of the molecule is CN(C(=O)[C@]12CC[C@@](C)(C(=O)C1)C2(C)C)c1ccccc1. The van der Waals surface area contributed by atoms with Gasteiger partial charge in [-0.3, -0.25) is 9.59 Å². The molecule has 0 aromatic heterocycles. The lowest BCUT2D eigenvalue weighted by atomic mass is 9.64. The number of nitrogens with zero attached hydrogens (tertiary/aromatic N) is 1. The molecule has 1 aromatic rings. The van der Waals surface area contributed by atoms with Crippen LogP contribution in [0.15, 0.2) is 30.3 Å². The Labute approximate surface area is 126 Å². The fraction of sp³-hybridized carbons (Fsp3) is 0.556. The van der Waals surface area contributed by atoms with E-state index in [9.17, 15) is 9.59 Å². The van der Waals surface area contributed by atoms with Gasteiger partial charge in [-0.2, -0.15) is 0 Å². The normalized spacial score (nSPS) is 33.2. The van der Waals surface area contributed by atoms with E-state index in [4.69, 9.17) is 0 Å². The average molecular weight is 285 g/mol. The molecule has 1 amide bonds. The molecule has 0 aliphatic heterocycles. The maximum atomic E-state index is 13.2. The number of hydrogen-bond donors (Lipinski definition) is 0. The number of ketones is 1. The van der Waals surface area contributed by atoms with Crippen LogP contribution in [0.25, 0.3) is 0 Å². The molecule has 112 valence electrons. The van der Waals surface area contributed by atoms with Gasteiger partial charge in [0.05, 0.1) is 5.41 Å². The highest BCUT2D eigenvalue weighted by molar-refractivity contribution is 6.05. The van der Waals surface area contributed by atoms with Gasteiger partial charge < -0.3 is 4.90 Å². The molecule has 2 aliphatic rings. The third kappa shape index (κ3) is 1.55. The van der Waals surface area contributed by atoms with Gasteiger partial charge >= 0.3 is 0 Å². The molecule has 0 N–H and O–H groups in total. The summed E-state index contributed by atoms with van der Waals surface area (Å²) in [4.78, 5) is 27.4. The first-order valence-electron chi connectivity index (χ1n) is 7.63. The molecule has 2 bridgehead atoms. The van der Waals surface area contributed by atoms with E-state index in [0.29, 0.717) is 6.42 Å². The van der Waals surface area contributed by atoms with Crippen LogP contribution in [0.4, 0.5) is 5.69 Å². The number of rotatable bonds is 2. The highest BCUT2D eigenvalue weighted by atomic mass is 16.2. The highest BCUT2D eigenvalue weighted by Gasteiger charge is 2.72. The number of fused-ring (bicyclic) bond motifs is 2. The van der Waals surface area contributed by atoms with Gasteiger partial charge in [-0.05, 0) is 30.4 Å². The molecule has 0 saturated heterocycles. The Hall–Kier alpha value is -1.64. The standard InChI is InChI=1S/C18H23NO2/c1-16(2)17(3)10-11-18(16,12-14(17)20)15(21)19(4)13-8-6-5-7-9-13/h5-9H,10-12H2,1-4H3/t17-,18-/m0/s1. The maximum absolute atomic E-state index is 13.2. The van der Waals surface area contributed by atoms with Crippen LogP contribution in [0.3, 0.4) is 0 Å². The lowest BCUT2D eigenvalue weighted by Crippen LogP contribution is -2.47. The summed E-state index contributed by atoms with van der Waals surface area (Å²) in [6.45, 7) is 6.24. The molecule has 0 radical (unpaired) electrons. The lowest BCUT2D eigenvalue weighted by Gasteiger charge is -2.40. The van der Waals surface area contributed by atoms with Gasteiger partial charge in [0.2, 0.25) is 5.91 Å². The summed E-state index contributed by atoms with van der Waals surface area (Å²) in [5, 5.41) is 0. The van der Waals surface area contributed by atoms with E-state index in [1.165, 1.54) is 0 Å². The Morgan fingerprint density at radius 1 is 1.10 bits per heavy atom. The molecule has 2 saturated carbocycles. The largest absolute Gasteiger partial charge is 0.315 e. The fourth-order valence-corrected chi connectivity index (χ4v) is 4.42. The fourth-order valence-electron chi connectivity index (χ4n) is 4.42. The quantitative estimate of drug-likeness (QED) is 0.834. The van der Waals surface area contributed by atoms with Crippen molar-refractivity contribution in [3.63, 3.8) is 0 Å². The maximum Gasteiger partial charge on any atom is 0.233 e. The van der Waals surface area contributed by atoms with Crippen molar-refractivity contribution < 1.29 is 9.59 Å². The summed E-state index contributed by atoms with van der Waals surface area (Å²) in [6, 6.07) is 9.68. The van der Waals surface area contributed by atoms with Crippen molar-refractivity contribution in [1.29, 1.82) is 0 Å². The second kappa shape index (κ2) is 4.19. The van der Waals surface area contributed by atoms with Crippen LogP contribution in [-0.4, -0.2) is 18.7 Å². The zero-order valence-electron chi connectivity index (χ0n) is 13.3. The van der Waals surface area contributed by atoms with Crippen LogP contribution in [-0.2, 0) is 9.59 Å². The van der Waals surface area contributed by atoms with Gasteiger partial charge in [-0.25, -0.2) is 0 Å². The predicted molar refractivity (Wildman–Crippen MR) is 83.0 cm³/mol. The van der Waals surface area contributed by atoms with Gasteiger partial charge in [-0.1, -0.05) is 39.0 Å². The van der Waals surface area contributed by atoms with Crippen molar-refractivity contribution in [3.05, 3.63) is 30.3 Å². The van der Waals surface area contributed by atoms with E-state index in [1.807, 2.05) is 44.3 Å². The molecule has 3 nitrogen and oxygen atoms in total. The molecule has 2 fully saturated rings. The Kier molecular flexibility index (Phi) is 2.85. The van der Waals surface area contributed by atoms with Gasteiger partial charge in [0.1, 0.15) is 5.78 Å². The van der Waals surface area contributed by atoms with Gasteiger partial charge in [0.15, 0.2) is 0 Å². The number of hydrogen-bond acceptors (Lipinski definition) is 2. The van der Waals surface area contributed by atoms with E-state index in [1.54, 1.807) is 4.90 Å². The minimum atomic E-state index is -0.538. The zero-order chi connectivity index (χ0) is 15.5. The topological polar surface area (TPSA) is 37.4 Å². The number of Topliss-reactive ketones (excluding diaryl/α,β-unsaturated/α-hetero) is 1. The Balaban J connectivity index is 2.01. The lowest BCUT2D eigenvalue weighted by molar-refractivity contribution is -0.133. The van der Waals surface area contributed by atoms with E-state index in [-0.39, 0.29) is 22.5 Å². The summed E-state index contributed by atoms with van der Waals surface area (Å²) in [5.41, 5.74) is -0.276. The number of para-hydroxylation sites is 1. The third-order valence-corrected chi connectivity index (χ3v) is 6.56. The predicted octanol–water partition coefficient (Wildman–Crippen LogP) is 3.43. The van der Waals surface area contributed by atoms with Crippen LogP contribution in [0.2, 0.25) is 0 Å². The second-order valence-electron chi connectivity index (χ2n) is 7.34. The molecule has 0 spiro atoms. The molecule has 2 aliphatic carbocycles. The van der Waals surface area contributed by atoms with Crippen molar-refractivity contribution in [2.75, 3.05) is 11.9 Å². The Morgan fingerprint density at radius 3 is 2.19 bits per heavy atom. The first-order valence-corrected chi connectivity index (χ1v) is 7.63. The van der Waals surface area contributed by atoms with Gasteiger partial charge in [-0.15, -0.1) is 0 Å². The van der Waals surface area contributed by atoms with Crippen LogP contribution in [0, 0.1) is 16.2 Å². The van der Waals surface area contributed by atoms with E-state index >= 15 is 0 Å². The molecule has 1 aromatic carbocycles. The van der Waals surface area contributed by atoms with Crippen LogP contribution >= 0.6 is 0 Å². The first-order chi connectivity index (χ1) is 9.76. The number of carbonyl (C=O) groups excluding carboxylic acids is 2. The number of benzene rings is 1. The van der Waals surface area contributed by atoms with Crippen LogP contribution < -0.4 is 4.90 Å². The van der Waals surface area contributed by atoms with Gasteiger partial charge in [0, 0.05) is 24.6 Å². The van der Waals surface area contributed by atoms with E-state index < -0.39 is 5.41 Å². The van der Waals surface area contributed by atoms with Crippen molar-refractivity contribution in [1.82, 2.24) is 0 Å². The third-order valence-electron chi connectivity index (χ3n) is 6.56. The summed E-state index contributed by atoms with van der Waals surface area (Å²) in [6.07, 6.45) is 2.04. The second-order valence-corrected chi connectivity index (χ2v) is 7.34. The molecule has 3 rings (SSSR count). The van der Waals surface area contributed by atoms with Crippen molar-refractivity contribution in [2.45, 2.75) is 40.0 Å². The monoisotopic (exact) mass is 285 g/mol. The minimum Gasteiger partial charge on any atom is -0.315 e. The van der Waals surface area contributed by atoms with E-state index in [0.717, 1.165) is 18.5 Å². The molecular weight excluding hydrogens is 262 g/mol. The number of anilines is 1. The Bertz CT molecular complexity index is 607. The van der Waals surface area contributed by atoms with Crippen LogP contribution in [0.5, 0.6) is 0 Å². The summed E-state index contributed by atoms with van der Waals surface area (Å²) < 4.78 is 0. The van der Waals surface area contributed by atoms with Crippen LogP contribution in [0.1, 0.15) is 40.0 Å². The molecular formula is C18H23NO2. The summed E-state index contributed by atoms with van der Waals surface area (Å²) in [5.74, 6) is 0.349. The molecule has 0 heterocycles. The molecule has 0 unspecified atom stereocenters. The minimum absolute atomic E-state index is 0.0910. The average Bonchev–Trinajstić information content (AvgIpc) is 2.77. The van der Waals surface area contributed by atoms with Crippen molar-refractivity contribution in [2.24, 2.45) is 16.2 Å². The molecule has 3 heteroatoms. The smallest absolute Gasteiger partial charge is 0.233 e. The summed E-state index contributed by atoms with van der Waals surface area (Å²) >= 11 is 0. The van der Waals surface area contributed by atoms with Gasteiger partial charge in [0.25, 0.3) is 0 Å². The van der Waals surface area contributed by atoms with Crippen molar-refractivity contribution >= 4 is 17.4 Å². The summed E-state index contributed by atoms with van der Waals surface area (Å²) in [7, 11) is 1.82. The Morgan fingerprint density at radius 2 is 1.71 bits per heavy atom. The highest BCUT2D eigenvalue weighted by Crippen LogP contribution is 2.71. The molecule has 21 heavy (non-hydrogen) atoms. The molecule has 2 atom stereocenters. The number of carbonyl (C=O) groups is 2. The number of amides is 1. The zero-order valence-corrected chi connectivity index (χ0v) is 13.3. The van der Waals surface area contributed by atoms with E-state index in [2.05, 4.69) is 13.8 Å².